The first kappa shape index (κ1) is 29.3. The number of amides is 1. The molecule has 0 radical (unpaired) electrons. The summed E-state index contributed by atoms with van der Waals surface area (Å²) in [6, 6.07) is 14.7. The number of hydrogen-bond donors (Lipinski definition) is 1. The minimum atomic E-state index is -0.839. The van der Waals surface area contributed by atoms with Crippen LogP contribution in [0, 0.1) is 5.92 Å². The fourth-order valence-electron chi connectivity index (χ4n) is 4.80. The van der Waals surface area contributed by atoms with E-state index in [9.17, 15) is 9.59 Å². The molecule has 0 bridgehead atoms. The van der Waals surface area contributed by atoms with Gasteiger partial charge in [-0.3, -0.25) is 0 Å². The average Bonchev–Trinajstić information content (AvgIpc) is 2.93. The predicted octanol–water partition coefficient (Wildman–Crippen LogP) is 6.80. The van der Waals surface area contributed by atoms with E-state index < -0.39 is 18.1 Å². The van der Waals surface area contributed by atoms with Crippen molar-refractivity contribution in [2.75, 3.05) is 18.1 Å². The third kappa shape index (κ3) is 10.5. The van der Waals surface area contributed by atoms with Crippen molar-refractivity contribution in [1.29, 1.82) is 0 Å². The van der Waals surface area contributed by atoms with E-state index in [2.05, 4.69) is 34.0 Å². The Kier molecular flexibility index (Phi) is 13.1. The summed E-state index contributed by atoms with van der Waals surface area (Å²) in [4.78, 5) is 24.9. The Labute approximate surface area is 235 Å². The molecule has 3 rings (SSSR count). The van der Waals surface area contributed by atoms with E-state index in [1.807, 2.05) is 42.5 Å². The minimum Gasteiger partial charge on any atom is -0.493 e. The number of aryl methyl sites for hydroxylation is 1. The molecule has 0 unspecified atom stereocenters. The van der Waals surface area contributed by atoms with Gasteiger partial charge >= 0.3 is 12.1 Å². The maximum atomic E-state index is 12.5. The van der Waals surface area contributed by atoms with Crippen molar-refractivity contribution in [2.45, 2.75) is 76.9 Å². The van der Waals surface area contributed by atoms with E-state index in [0.29, 0.717) is 6.42 Å². The van der Waals surface area contributed by atoms with Crippen molar-refractivity contribution >= 4 is 34.7 Å². The van der Waals surface area contributed by atoms with E-state index in [0.717, 1.165) is 65.1 Å². The van der Waals surface area contributed by atoms with Crippen molar-refractivity contribution in [3.63, 3.8) is 0 Å². The van der Waals surface area contributed by atoms with Crippen molar-refractivity contribution < 1.29 is 23.8 Å². The molecule has 1 atom stereocenters. The van der Waals surface area contributed by atoms with Gasteiger partial charge in [-0.25, -0.2) is 9.59 Å². The number of hydrogen-bond acceptors (Lipinski definition) is 5. The number of ether oxygens (including phenoxy) is 3. The van der Waals surface area contributed by atoms with Gasteiger partial charge in [0.05, 0.1) is 13.7 Å². The summed E-state index contributed by atoms with van der Waals surface area (Å²) >= 11 is 2.41. The van der Waals surface area contributed by atoms with E-state index in [1.54, 1.807) is 0 Å². The lowest BCUT2D eigenvalue weighted by Crippen LogP contribution is -2.43. The summed E-state index contributed by atoms with van der Waals surface area (Å²) in [5.74, 6) is 1.21. The standard InChI is InChI=1S/C30H40INO5/c1-35-29(33)27(32-30(34)37-22-24-12-6-3-7-13-24)21-25-15-16-28(26(20-25)14-8-9-18-31)36-19-17-23-10-4-2-5-11-23/h3,6-7,12-13,15-16,20,23,27H,2,4-5,8-11,14,17-19,21-22H2,1H3,(H,32,34)/t27-/m0/s1. The molecule has 7 heteroatoms. The molecule has 0 aromatic heterocycles. The van der Waals surface area contributed by atoms with Crippen LogP contribution in [0.25, 0.3) is 0 Å². The zero-order valence-electron chi connectivity index (χ0n) is 21.9. The number of halogens is 1. The fourth-order valence-corrected chi connectivity index (χ4v) is 5.33. The van der Waals surface area contributed by atoms with Crippen LogP contribution in [0.3, 0.4) is 0 Å². The van der Waals surface area contributed by atoms with Gasteiger partial charge in [-0.15, -0.1) is 0 Å². The molecule has 1 aliphatic carbocycles. The lowest BCUT2D eigenvalue weighted by Gasteiger charge is -2.22. The van der Waals surface area contributed by atoms with E-state index in [4.69, 9.17) is 14.2 Å². The molecule has 202 valence electrons. The fraction of sp³-hybridized carbons (Fsp3) is 0.533. The lowest BCUT2D eigenvalue weighted by atomic mass is 9.87. The zero-order chi connectivity index (χ0) is 26.3. The Morgan fingerprint density at radius 1 is 1.03 bits per heavy atom. The van der Waals surface area contributed by atoms with Gasteiger partial charge in [0, 0.05) is 6.42 Å². The second kappa shape index (κ2) is 16.5. The van der Waals surface area contributed by atoms with Gasteiger partial charge < -0.3 is 19.5 Å². The Balaban J connectivity index is 1.62. The van der Waals surface area contributed by atoms with Crippen LogP contribution in [0.15, 0.2) is 48.5 Å². The molecule has 1 fully saturated rings. The number of esters is 1. The number of carbonyl (C=O) groups excluding carboxylic acids is 2. The molecular weight excluding hydrogens is 581 g/mol. The second-order valence-corrected chi connectivity index (χ2v) is 10.8. The Hall–Kier alpha value is -2.29. The third-order valence-corrected chi connectivity index (χ3v) is 7.66. The van der Waals surface area contributed by atoms with Gasteiger partial charge in [-0.2, -0.15) is 0 Å². The third-order valence-electron chi connectivity index (χ3n) is 6.89. The molecule has 1 saturated carbocycles. The zero-order valence-corrected chi connectivity index (χ0v) is 24.0. The number of benzene rings is 2. The number of carbonyl (C=O) groups is 2. The van der Waals surface area contributed by atoms with Crippen LogP contribution >= 0.6 is 22.6 Å². The summed E-state index contributed by atoms with van der Waals surface area (Å²) in [5, 5.41) is 2.68. The molecule has 6 nitrogen and oxygen atoms in total. The second-order valence-electron chi connectivity index (χ2n) is 9.72. The first-order valence-electron chi connectivity index (χ1n) is 13.4. The smallest absolute Gasteiger partial charge is 0.408 e. The molecule has 0 saturated heterocycles. The summed E-state index contributed by atoms with van der Waals surface area (Å²) in [6.07, 6.45) is 10.6. The average molecular weight is 622 g/mol. The predicted molar refractivity (Wildman–Crippen MR) is 154 cm³/mol. The molecule has 37 heavy (non-hydrogen) atoms. The SMILES string of the molecule is COC(=O)[C@H](Cc1ccc(OCCC2CCCCC2)c(CCCCI)c1)NC(=O)OCc1ccccc1. The quantitative estimate of drug-likeness (QED) is 0.109. The highest BCUT2D eigenvalue weighted by atomic mass is 127. The van der Waals surface area contributed by atoms with Gasteiger partial charge in [0.2, 0.25) is 0 Å². The Bertz CT molecular complexity index is 962. The number of nitrogens with one attached hydrogen (secondary N) is 1. The molecule has 2 aromatic carbocycles. The molecule has 0 heterocycles. The topological polar surface area (TPSA) is 73.9 Å². The lowest BCUT2D eigenvalue weighted by molar-refractivity contribution is -0.143. The summed E-state index contributed by atoms with van der Waals surface area (Å²) in [5.41, 5.74) is 2.98. The van der Waals surface area contributed by atoms with Gasteiger partial charge in [0.25, 0.3) is 0 Å². The van der Waals surface area contributed by atoms with E-state index >= 15 is 0 Å². The number of rotatable bonds is 14. The summed E-state index contributed by atoms with van der Waals surface area (Å²) in [7, 11) is 1.32. The normalized spacial score (nSPS) is 14.5. The van der Waals surface area contributed by atoms with Crippen molar-refractivity contribution in [1.82, 2.24) is 5.32 Å². The van der Waals surface area contributed by atoms with Crippen molar-refractivity contribution in [3.05, 3.63) is 65.2 Å². The first-order valence-corrected chi connectivity index (χ1v) is 15.0. The summed E-state index contributed by atoms with van der Waals surface area (Å²) < 4.78 is 17.6. The molecule has 0 aliphatic heterocycles. The number of methoxy groups -OCH3 is 1. The maximum absolute atomic E-state index is 12.5. The summed E-state index contributed by atoms with van der Waals surface area (Å²) in [6.45, 7) is 0.872. The van der Waals surface area contributed by atoms with Crippen LogP contribution < -0.4 is 10.1 Å². The number of alkyl halides is 1. The molecule has 0 spiro atoms. The first-order chi connectivity index (χ1) is 18.1. The highest BCUT2D eigenvalue weighted by molar-refractivity contribution is 14.1. The van der Waals surface area contributed by atoms with E-state index in [1.165, 1.54) is 39.2 Å². The van der Waals surface area contributed by atoms with Gasteiger partial charge in [0.15, 0.2) is 0 Å². The highest BCUT2D eigenvalue weighted by Crippen LogP contribution is 2.28. The van der Waals surface area contributed by atoms with Crippen LogP contribution in [0.5, 0.6) is 5.75 Å². The van der Waals surface area contributed by atoms with Crippen LogP contribution in [0.4, 0.5) is 4.79 Å². The Morgan fingerprint density at radius 3 is 2.54 bits per heavy atom. The van der Waals surface area contributed by atoms with Crippen molar-refractivity contribution in [3.8, 4) is 5.75 Å². The van der Waals surface area contributed by atoms with Crippen LogP contribution in [0.2, 0.25) is 0 Å². The minimum absolute atomic E-state index is 0.133. The van der Waals surface area contributed by atoms with Gasteiger partial charge in [-0.05, 0) is 58.8 Å². The molecule has 2 aromatic rings. The van der Waals surface area contributed by atoms with Gasteiger partial charge in [-0.1, -0.05) is 97.2 Å². The van der Waals surface area contributed by atoms with Gasteiger partial charge in [0.1, 0.15) is 18.4 Å². The van der Waals surface area contributed by atoms with E-state index in [-0.39, 0.29) is 6.61 Å². The molecule has 1 amide bonds. The highest BCUT2D eigenvalue weighted by Gasteiger charge is 2.23. The number of unbranched alkanes of at least 4 members (excludes halogenated alkanes) is 1. The number of alkyl carbamates (subject to hydrolysis) is 1. The molecular formula is C30H40INO5. The van der Waals surface area contributed by atoms with Crippen molar-refractivity contribution in [2.24, 2.45) is 5.92 Å². The molecule has 1 aliphatic rings. The van der Waals surface area contributed by atoms with Crippen LogP contribution in [-0.4, -0.2) is 36.2 Å². The largest absolute Gasteiger partial charge is 0.493 e. The molecule has 1 N–H and O–H groups in total. The maximum Gasteiger partial charge on any atom is 0.408 e. The van der Waals surface area contributed by atoms with Crippen LogP contribution in [-0.2, 0) is 33.7 Å². The monoisotopic (exact) mass is 621 g/mol. The van der Waals surface area contributed by atoms with Crippen LogP contribution in [0.1, 0.15) is 68.1 Å². The Morgan fingerprint density at radius 2 is 1.81 bits per heavy atom.